The van der Waals surface area contributed by atoms with Crippen LogP contribution in [0.15, 0.2) is 89.6 Å². The van der Waals surface area contributed by atoms with E-state index in [2.05, 4.69) is 15.6 Å². The van der Waals surface area contributed by atoms with Crippen molar-refractivity contribution in [3.8, 4) is 0 Å². The maximum absolute atomic E-state index is 13.4. The van der Waals surface area contributed by atoms with Crippen molar-refractivity contribution in [2.45, 2.75) is 12.7 Å². The van der Waals surface area contributed by atoms with Gasteiger partial charge in [0.05, 0.1) is 16.4 Å². The molecule has 176 valence electrons. The molecule has 34 heavy (non-hydrogen) atoms. The van der Waals surface area contributed by atoms with Crippen LogP contribution in [0.5, 0.6) is 0 Å². The normalized spacial score (nSPS) is 12.4. The molecule has 0 aliphatic heterocycles. The number of hydrogen-bond donors (Lipinski definition) is 2. The number of allylic oxidation sites excluding steroid dienone is 2. The molecular formula is C25H20Cl2F3N3O. The molecule has 0 radical (unpaired) electrons. The van der Waals surface area contributed by atoms with Gasteiger partial charge in [0.15, 0.2) is 0 Å². The van der Waals surface area contributed by atoms with Crippen molar-refractivity contribution in [2.24, 2.45) is 4.99 Å². The molecule has 0 saturated carbocycles. The highest BCUT2D eigenvalue weighted by Crippen LogP contribution is 2.27. The second-order valence-corrected chi connectivity index (χ2v) is 7.92. The molecule has 0 aliphatic carbocycles. The van der Waals surface area contributed by atoms with Gasteiger partial charge < -0.3 is 10.6 Å². The van der Waals surface area contributed by atoms with Crippen LogP contribution < -0.4 is 10.6 Å². The van der Waals surface area contributed by atoms with E-state index in [1.54, 1.807) is 42.5 Å². The number of carbonyl (C=O) groups excluding carboxylic acids is 1. The highest BCUT2D eigenvalue weighted by Gasteiger charge is 2.33. The Morgan fingerprint density at radius 2 is 1.50 bits per heavy atom. The van der Waals surface area contributed by atoms with E-state index >= 15 is 0 Å². The van der Waals surface area contributed by atoms with Crippen LogP contribution in [-0.4, -0.2) is 24.8 Å². The van der Waals surface area contributed by atoms with E-state index in [9.17, 15) is 18.0 Å². The van der Waals surface area contributed by atoms with Crippen LogP contribution in [0.2, 0.25) is 10.0 Å². The number of nitrogens with one attached hydrogen (secondary N) is 2. The molecule has 9 heteroatoms. The summed E-state index contributed by atoms with van der Waals surface area (Å²) in [6.45, 7) is 0.235. The van der Waals surface area contributed by atoms with Crippen LogP contribution in [0.1, 0.15) is 21.5 Å². The lowest BCUT2D eigenvalue weighted by Crippen LogP contribution is -2.24. The predicted octanol–water partition coefficient (Wildman–Crippen LogP) is 6.71. The van der Waals surface area contributed by atoms with E-state index in [-0.39, 0.29) is 18.2 Å². The van der Waals surface area contributed by atoms with Gasteiger partial charge in [0.2, 0.25) is 0 Å². The number of halogens is 5. The van der Waals surface area contributed by atoms with Gasteiger partial charge in [-0.3, -0.25) is 4.79 Å². The maximum Gasteiger partial charge on any atom is 0.430 e. The summed E-state index contributed by atoms with van der Waals surface area (Å²) in [4.78, 5) is 16.9. The summed E-state index contributed by atoms with van der Waals surface area (Å²) in [5.74, 6) is -0.349. The zero-order chi connectivity index (χ0) is 24.7. The van der Waals surface area contributed by atoms with Crippen molar-refractivity contribution in [2.75, 3.05) is 7.05 Å². The Morgan fingerprint density at radius 1 is 0.912 bits per heavy atom. The van der Waals surface area contributed by atoms with Crippen LogP contribution in [0, 0.1) is 0 Å². The largest absolute Gasteiger partial charge is 0.430 e. The van der Waals surface area contributed by atoms with Crippen molar-refractivity contribution < 1.29 is 18.0 Å². The molecular weight excluding hydrogens is 486 g/mol. The van der Waals surface area contributed by atoms with E-state index in [1.807, 2.05) is 6.07 Å². The number of carbonyl (C=O) groups is 1. The van der Waals surface area contributed by atoms with Gasteiger partial charge in [-0.15, -0.1) is 0 Å². The van der Waals surface area contributed by atoms with Gasteiger partial charge in [-0.1, -0.05) is 65.7 Å². The van der Waals surface area contributed by atoms with Crippen LogP contribution >= 0.6 is 23.2 Å². The fraction of sp³-hybridized carbons (Fsp3) is 0.120. The molecule has 0 fully saturated rings. The molecule has 0 spiro atoms. The van der Waals surface area contributed by atoms with Gasteiger partial charge in [0.1, 0.15) is 5.70 Å². The SMILES string of the molecule is CNC(=CC(=Nc1ccccc1Cl)c1ccc(C(=O)NCc2ccccc2Cl)cc1)C(F)(F)F. The summed E-state index contributed by atoms with van der Waals surface area (Å²) < 4.78 is 40.1. The molecule has 0 aliphatic rings. The number of rotatable bonds is 7. The minimum atomic E-state index is -4.60. The summed E-state index contributed by atoms with van der Waals surface area (Å²) in [6, 6.07) is 19.8. The molecule has 0 bridgehead atoms. The van der Waals surface area contributed by atoms with Crippen LogP contribution in [0.4, 0.5) is 18.9 Å². The first-order valence-electron chi connectivity index (χ1n) is 10.1. The summed E-state index contributed by atoms with van der Waals surface area (Å²) >= 11 is 12.3. The van der Waals surface area contributed by atoms with Crippen LogP contribution in [0.25, 0.3) is 0 Å². The minimum absolute atomic E-state index is 0.0257. The lowest BCUT2D eigenvalue weighted by atomic mass is 10.1. The first-order valence-corrected chi connectivity index (χ1v) is 10.9. The van der Waals surface area contributed by atoms with E-state index < -0.39 is 11.9 Å². The van der Waals surface area contributed by atoms with Crippen LogP contribution in [0.3, 0.4) is 0 Å². The van der Waals surface area contributed by atoms with E-state index in [4.69, 9.17) is 23.2 Å². The van der Waals surface area contributed by atoms with Crippen LogP contribution in [-0.2, 0) is 6.54 Å². The van der Waals surface area contributed by atoms with Gasteiger partial charge in [0, 0.05) is 29.7 Å². The molecule has 2 N–H and O–H groups in total. The Kier molecular flexibility index (Phi) is 8.36. The summed E-state index contributed by atoms with van der Waals surface area (Å²) in [6.07, 6.45) is -3.70. The summed E-state index contributed by atoms with van der Waals surface area (Å²) in [5.41, 5.74) is 0.841. The average Bonchev–Trinajstić information content (AvgIpc) is 2.81. The maximum atomic E-state index is 13.4. The lowest BCUT2D eigenvalue weighted by Gasteiger charge is -2.13. The predicted molar refractivity (Wildman–Crippen MR) is 130 cm³/mol. The number of amides is 1. The van der Waals surface area contributed by atoms with E-state index in [1.165, 1.54) is 31.3 Å². The van der Waals surface area contributed by atoms with Crippen molar-refractivity contribution in [1.29, 1.82) is 0 Å². The fourth-order valence-corrected chi connectivity index (χ4v) is 3.38. The number of benzene rings is 3. The Morgan fingerprint density at radius 3 is 2.09 bits per heavy atom. The monoisotopic (exact) mass is 505 g/mol. The van der Waals surface area contributed by atoms with Crippen molar-refractivity contribution >= 4 is 40.5 Å². The van der Waals surface area contributed by atoms with Gasteiger partial charge in [-0.05, 0) is 42.0 Å². The first-order chi connectivity index (χ1) is 16.2. The number of para-hydroxylation sites is 1. The van der Waals surface area contributed by atoms with Gasteiger partial charge in [-0.25, -0.2) is 4.99 Å². The molecule has 3 rings (SSSR count). The molecule has 0 atom stereocenters. The number of hydrogen-bond acceptors (Lipinski definition) is 3. The molecule has 3 aromatic carbocycles. The highest BCUT2D eigenvalue weighted by atomic mass is 35.5. The Labute approximate surface area is 205 Å². The Balaban J connectivity index is 1.90. The summed E-state index contributed by atoms with van der Waals surface area (Å²) in [7, 11) is 1.18. The van der Waals surface area contributed by atoms with E-state index in [0.717, 1.165) is 11.6 Å². The number of nitrogens with zero attached hydrogens (tertiary/aromatic N) is 1. The van der Waals surface area contributed by atoms with Crippen molar-refractivity contribution in [3.05, 3.63) is 111 Å². The third-order valence-corrected chi connectivity index (χ3v) is 5.48. The molecule has 1 amide bonds. The second-order valence-electron chi connectivity index (χ2n) is 7.11. The third kappa shape index (κ3) is 6.62. The molecule has 3 aromatic rings. The highest BCUT2D eigenvalue weighted by molar-refractivity contribution is 6.33. The lowest BCUT2D eigenvalue weighted by molar-refractivity contribution is -0.0958. The number of aliphatic imine (C=N–C) groups is 1. The zero-order valence-electron chi connectivity index (χ0n) is 18.0. The van der Waals surface area contributed by atoms with E-state index in [0.29, 0.717) is 26.9 Å². The zero-order valence-corrected chi connectivity index (χ0v) is 19.5. The topological polar surface area (TPSA) is 53.5 Å². The quantitative estimate of drug-likeness (QED) is 0.350. The molecule has 0 heterocycles. The average molecular weight is 506 g/mol. The fourth-order valence-electron chi connectivity index (χ4n) is 3.00. The standard InChI is InChI=1S/C25H20Cl2F3N3O/c1-31-23(25(28,29)30)14-22(33-21-9-5-4-8-20(21)27)16-10-12-17(13-11-16)24(34)32-15-18-6-2-3-7-19(18)26/h2-14,31H,15H2,1H3,(H,32,34). The second kappa shape index (κ2) is 11.2. The molecule has 4 nitrogen and oxygen atoms in total. The molecule has 0 aromatic heterocycles. The van der Waals surface area contributed by atoms with Crippen molar-refractivity contribution in [1.82, 2.24) is 10.6 Å². The molecule has 0 unspecified atom stereocenters. The number of alkyl halides is 3. The smallest absolute Gasteiger partial charge is 0.384 e. The first kappa shape index (κ1) is 25.3. The minimum Gasteiger partial charge on any atom is -0.384 e. The van der Waals surface area contributed by atoms with Gasteiger partial charge in [-0.2, -0.15) is 13.2 Å². The third-order valence-electron chi connectivity index (χ3n) is 4.79. The Bertz CT molecular complexity index is 1220. The van der Waals surface area contributed by atoms with Gasteiger partial charge in [0.25, 0.3) is 5.91 Å². The molecule has 0 saturated heterocycles. The Hall–Kier alpha value is -3.29. The summed E-state index contributed by atoms with van der Waals surface area (Å²) in [5, 5.41) is 5.76. The van der Waals surface area contributed by atoms with Gasteiger partial charge >= 0.3 is 6.18 Å². The van der Waals surface area contributed by atoms with Crippen molar-refractivity contribution in [3.63, 3.8) is 0 Å².